The van der Waals surface area contributed by atoms with E-state index in [0.717, 1.165) is 31.8 Å². The molecule has 2 N–H and O–H groups in total. The Morgan fingerprint density at radius 3 is 2.57 bits per heavy atom. The standard InChI is InChI=1S/C17H26N2O.ClH/c1-2-15-5-3-4-6-16(15)13-19-17(20)8-7-14-9-11-18-12-10-14;/h3-6,14,18H,2,7-13H2,1H3,(H,19,20);1H. The summed E-state index contributed by atoms with van der Waals surface area (Å²) in [5, 5.41) is 6.42. The predicted octanol–water partition coefficient (Wildman–Crippen LogP) is 3.07. The number of hydrogen-bond donors (Lipinski definition) is 2. The van der Waals surface area contributed by atoms with E-state index in [1.54, 1.807) is 0 Å². The maximum absolute atomic E-state index is 11.9. The van der Waals surface area contributed by atoms with Gasteiger partial charge >= 0.3 is 0 Å². The van der Waals surface area contributed by atoms with Crippen molar-refractivity contribution in [1.29, 1.82) is 0 Å². The molecule has 1 aliphatic rings. The molecule has 0 aliphatic carbocycles. The van der Waals surface area contributed by atoms with Crippen molar-refractivity contribution in [3.8, 4) is 0 Å². The van der Waals surface area contributed by atoms with Crippen molar-refractivity contribution in [2.24, 2.45) is 5.92 Å². The molecule has 0 bridgehead atoms. The molecular formula is C17H27ClN2O. The van der Waals surface area contributed by atoms with Gasteiger partial charge in [-0.05, 0) is 55.8 Å². The second-order valence-corrected chi connectivity index (χ2v) is 5.63. The quantitative estimate of drug-likeness (QED) is 0.848. The summed E-state index contributed by atoms with van der Waals surface area (Å²) in [7, 11) is 0. The zero-order valence-electron chi connectivity index (χ0n) is 12.9. The van der Waals surface area contributed by atoms with Crippen LogP contribution in [0.5, 0.6) is 0 Å². The van der Waals surface area contributed by atoms with Crippen molar-refractivity contribution in [2.45, 2.75) is 45.6 Å². The molecule has 21 heavy (non-hydrogen) atoms. The maximum atomic E-state index is 11.9. The Morgan fingerprint density at radius 2 is 1.90 bits per heavy atom. The minimum atomic E-state index is 0. The summed E-state index contributed by atoms with van der Waals surface area (Å²) in [6.07, 6.45) is 5.14. The molecule has 0 atom stereocenters. The summed E-state index contributed by atoms with van der Waals surface area (Å²) in [4.78, 5) is 11.9. The summed E-state index contributed by atoms with van der Waals surface area (Å²) >= 11 is 0. The van der Waals surface area contributed by atoms with Crippen molar-refractivity contribution in [1.82, 2.24) is 10.6 Å². The fourth-order valence-electron chi connectivity index (χ4n) is 2.86. The first kappa shape index (κ1) is 18.0. The molecule has 1 aliphatic heterocycles. The molecule has 0 saturated carbocycles. The topological polar surface area (TPSA) is 41.1 Å². The van der Waals surface area contributed by atoms with Crippen molar-refractivity contribution in [3.63, 3.8) is 0 Å². The number of hydrogen-bond acceptors (Lipinski definition) is 2. The maximum Gasteiger partial charge on any atom is 0.220 e. The highest BCUT2D eigenvalue weighted by Gasteiger charge is 2.14. The van der Waals surface area contributed by atoms with Gasteiger partial charge in [0.1, 0.15) is 0 Å². The van der Waals surface area contributed by atoms with E-state index in [0.29, 0.717) is 13.0 Å². The number of amides is 1. The third-order valence-electron chi connectivity index (χ3n) is 4.21. The van der Waals surface area contributed by atoms with E-state index < -0.39 is 0 Å². The molecule has 118 valence electrons. The fraction of sp³-hybridized carbons (Fsp3) is 0.588. The van der Waals surface area contributed by atoms with E-state index in [4.69, 9.17) is 0 Å². The molecule has 1 saturated heterocycles. The van der Waals surface area contributed by atoms with Crippen LogP contribution in [0.25, 0.3) is 0 Å². The Bertz CT molecular complexity index is 431. The number of piperidine rings is 1. The smallest absolute Gasteiger partial charge is 0.220 e. The van der Waals surface area contributed by atoms with Crippen molar-refractivity contribution in [3.05, 3.63) is 35.4 Å². The lowest BCUT2D eigenvalue weighted by molar-refractivity contribution is -0.121. The minimum Gasteiger partial charge on any atom is -0.352 e. The molecule has 3 nitrogen and oxygen atoms in total. The highest BCUT2D eigenvalue weighted by molar-refractivity contribution is 5.85. The van der Waals surface area contributed by atoms with Crippen molar-refractivity contribution in [2.75, 3.05) is 13.1 Å². The van der Waals surface area contributed by atoms with Crippen LogP contribution in [0.15, 0.2) is 24.3 Å². The number of rotatable bonds is 6. The first-order valence-electron chi connectivity index (χ1n) is 7.83. The van der Waals surface area contributed by atoms with Crippen LogP contribution < -0.4 is 10.6 Å². The van der Waals surface area contributed by atoms with Gasteiger partial charge in [-0.3, -0.25) is 4.79 Å². The van der Waals surface area contributed by atoms with Gasteiger partial charge in [-0.15, -0.1) is 12.4 Å². The number of halogens is 1. The van der Waals surface area contributed by atoms with Crippen LogP contribution >= 0.6 is 12.4 Å². The first-order chi connectivity index (χ1) is 9.79. The van der Waals surface area contributed by atoms with Crippen LogP contribution in [-0.4, -0.2) is 19.0 Å². The molecular weight excluding hydrogens is 284 g/mol. The number of aryl methyl sites for hydroxylation is 1. The molecule has 2 rings (SSSR count). The fourth-order valence-corrected chi connectivity index (χ4v) is 2.86. The highest BCUT2D eigenvalue weighted by Crippen LogP contribution is 2.17. The predicted molar refractivity (Wildman–Crippen MR) is 89.7 cm³/mol. The van der Waals surface area contributed by atoms with Crippen LogP contribution in [0.3, 0.4) is 0 Å². The lowest BCUT2D eigenvalue weighted by atomic mass is 9.93. The molecule has 1 heterocycles. The largest absolute Gasteiger partial charge is 0.352 e. The third kappa shape index (κ3) is 6.06. The first-order valence-corrected chi connectivity index (χ1v) is 7.83. The van der Waals surface area contributed by atoms with Gasteiger partial charge in [-0.25, -0.2) is 0 Å². The second kappa shape index (κ2) is 9.80. The average molecular weight is 311 g/mol. The number of benzene rings is 1. The Kier molecular flexibility index (Phi) is 8.40. The molecule has 1 aromatic rings. The number of carbonyl (C=O) groups is 1. The average Bonchev–Trinajstić information content (AvgIpc) is 2.52. The van der Waals surface area contributed by atoms with Gasteiger partial charge in [-0.2, -0.15) is 0 Å². The van der Waals surface area contributed by atoms with Crippen molar-refractivity contribution < 1.29 is 4.79 Å². The Morgan fingerprint density at radius 1 is 1.24 bits per heavy atom. The molecule has 0 radical (unpaired) electrons. The zero-order valence-corrected chi connectivity index (χ0v) is 13.7. The van der Waals surface area contributed by atoms with E-state index in [1.165, 1.54) is 24.0 Å². The number of carbonyl (C=O) groups excluding carboxylic acids is 1. The van der Waals surface area contributed by atoms with E-state index in [9.17, 15) is 4.79 Å². The molecule has 1 amide bonds. The normalized spacial score (nSPS) is 15.3. The summed E-state index contributed by atoms with van der Waals surface area (Å²) in [5.41, 5.74) is 2.57. The number of nitrogens with one attached hydrogen (secondary N) is 2. The van der Waals surface area contributed by atoms with Crippen LogP contribution in [0.2, 0.25) is 0 Å². The van der Waals surface area contributed by atoms with Gasteiger partial charge in [-0.1, -0.05) is 31.2 Å². The molecule has 1 aromatic carbocycles. The van der Waals surface area contributed by atoms with Crippen LogP contribution in [0, 0.1) is 5.92 Å². The van der Waals surface area contributed by atoms with Gasteiger partial charge in [0.25, 0.3) is 0 Å². The Labute approximate surface area is 134 Å². The van der Waals surface area contributed by atoms with Gasteiger partial charge in [0.2, 0.25) is 5.91 Å². The Balaban J connectivity index is 0.00000220. The summed E-state index contributed by atoms with van der Waals surface area (Å²) in [5.74, 6) is 0.916. The molecule has 0 aromatic heterocycles. The molecule has 1 fully saturated rings. The lowest BCUT2D eigenvalue weighted by Gasteiger charge is -2.22. The van der Waals surface area contributed by atoms with Gasteiger partial charge in [0.05, 0.1) is 0 Å². The van der Waals surface area contributed by atoms with E-state index in [1.807, 2.05) is 6.07 Å². The SMILES string of the molecule is CCc1ccccc1CNC(=O)CCC1CCNCC1.Cl. The van der Waals surface area contributed by atoms with E-state index in [-0.39, 0.29) is 18.3 Å². The highest BCUT2D eigenvalue weighted by atomic mass is 35.5. The minimum absolute atomic E-state index is 0. The summed E-state index contributed by atoms with van der Waals surface area (Å²) < 4.78 is 0. The molecule has 0 unspecified atom stereocenters. The van der Waals surface area contributed by atoms with E-state index in [2.05, 4.69) is 35.8 Å². The molecule has 4 heteroatoms. The van der Waals surface area contributed by atoms with Crippen LogP contribution in [-0.2, 0) is 17.8 Å². The van der Waals surface area contributed by atoms with Gasteiger partial charge in [0.15, 0.2) is 0 Å². The summed E-state index contributed by atoms with van der Waals surface area (Å²) in [6, 6.07) is 8.33. The summed E-state index contributed by atoms with van der Waals surface area (Å²) in [6.45, 7) is 5.03. The Hall–Kier alpha value is -1.06. The lowest BCUT2D eigenvalue weighted by Crippen LogP contribution is -2.29. The van der Waals surface area contributed by atoms with Crippen molar-refractivity contribution >= 4 is 18.3 Å². The van der Waals surface area contributed by atoms with Gasteiger partial charge < -0.3 is 10.6 Å². The molecule has 0 spiro atoms. The van der Waals surface area contributed by atoms with E-state index >= 15 is 0 Å². The third-order valence-corrected chi connectivity index (χ3v) is 4.21. The second-order valence-electron chi connectivity index (χ2n) is 5.63. The van der Waals surface area contributed by atoms with Gasteiger partial charge in [0, 0.05) is 13.0 Å². The van der Waals surface area contributed by atoms with Crippen LogP contribution in [0.1, 0.15) is 43.7 Å². The monoisotopic (exact) mass is 310 g/mol. The zero-order chi connectivity index (χ0) is 14.2. The van der Waals surface area contributed by atoms with Crippen LogP contribution in [0.4, 0.5) is 0 Å².